The molecule has 0 saturated heterocycles. The first-order valence-electron chi connectivity index (χ1n) is 20.1. The minimum atomic E-state index is -0.333. The lowest BCUT2D eigenvalue weighted by atomic mass is 10.0. The fourth-order valence-corrected chi connectivity index (χ4v) is 6.82. The second-order valence-electron chi connectivity index (χ2n) is 14.8. The Morgan fingerprint density at radius 3 is 1.67 bits per heavy atom. The van der Waals surface area contributed by atoms with Crippen molar-refractivity contribution < 1.29 is 28.1 Å². The zero-order valence-electron chi connectivity index (χ0n) is 32.8. The van der Waals surface area contributed by atoms with Crippen molar-refractivity contribution in [3.8, 4) is 28.7 Å². The molecule has 8 heteroatoms. The van der Waals surface area contributed by atoms with E-state index < -0.39 is 0 Å². The van der Waals surface area contributed by atoms with Crippen LogP contribution < -0.4 is 34.3 Å². The Hall–Kier alpha value is -4.27. The van der Waals surface area contributed by atoms with Crippen molar-refractivity contribution in [2.75, 3.05) is 26.3 Å². The van der Waals surface area contributed by atoms with E-state index in [9.17, 15) is 4.39 Å². The topological polar surface area (TPSA) is 70.2 Å². The van der Waals surface area contributed by atoms with E-state index in [1.807, 2.05) is 32.0 Å². The molecule has 2 aliphatic carbocycles. The van der Waals surface area contributed by atoms with Gasteiger partial charge in [-0.05, 0) is 130 Å². The highest BCUT2D eigenvalue weighted by atomic mass is 19.1. The molecule has 2 saturated carbocycles. The molecule has 0 aromatic heterocycles. The minimum Gasteiger partial charge on any atom is -0.492 e. The van der Waals surface area contributed by atoms with Crippen molar-refractivity contribution in [2.45, 2.75) is 116 Å². The Morgan fingerprint density at radius 1 is 0.593 bits per heavy atom. The third kappa shape index (κ3) is 14.2. The lowest BCUT2D eigenvalue weighted by molar-refractivity contribution is 0.209. The number of hydrogen-bond donors (Lipinski definition) is 2. The third-order valence-electron chi connectivity index (χ3n) is 9.55. The van der Waals surface area contributed by atoms with Crippen LogP contribution in [0.25, 0.3) is 0 Å². The van der Waals surface area contributed by atoms with Crippen LogP contribution in [-0.4, -0.2) is 44.6 Å². The second-order valence-corrected chi connectivity index (χ2v) is 14.8. The van der Waals surface area contributed by atoms with Crippen molar-refractivity contribution in [3.05, 3.63) is 114 Å². The predicted octanol–water partition coefficient (Wildman–Crippen LogP) is 10.4. The zero-order valence-corrected chi connectivity index (χ0v) is 32.8. The first-order chi connectivity index (χ1) is 26.3. The predicted molar refractivity (Wildman–Crippen MR) is 216 cm³/mol. The van der Waals surface area contributed by atoms with Gasteiger partial charge >= 0.3 is 0 Å². The zero-order chi connectivity index (χ0) is 38.0. The molecule has 2 aliphatic rings. The van der Waals surface area contributed by atoms with Crippen LogP contribution in [0.4, 0.5) is 4.39 Å². The molecule has 2 N–H and O–H groups in total. The monoisotopic (exact) mass is 740 g/mol. The first kappa shape index (κ1) is 40.9. The van der Waals surface area contributed by atoms with E-state index in [0.717, 1.165) is 49.7 Å². The number of benzene rings is 4. The molecule has 0 atom stereocenters. The molecule has 0 heterocycles. The summed E-state index contributed by atoms with van der Waals surface area (Å²) < 4.78 is 42.9. The fourth-order valence-electron chi connectivity index (χ4n) is 6.82. The van der Waals surface area contributed by atoms with Gasteiger partial charge in [-0.3, -0.25) is 0 Å². The van der Waals surface area contributed by atoms with Gasteiger partial charge in [0.1, 0.15) is 36.3 Å². The molecule has 6 rings (SSSR count). The quantitative estimate of drug-likeness (QED) is 0.0928. The van der Waals surface area contributed by atoms with E-state index in [0.29, 0.717) is 49.4 Å². The summed E-state index contributed by atoms with van der Waals surface area (Å²) in [5.74, 6) is 4.08. The van der Waals surface area contributed by atoms with Crippen molar-refractivity contribution in [2.24, 2.45) is 0 Å². The molecule has 292 valence electrons. The van der Waals surface area contributed by atoms with Gasteiger partial charge in [-0.25, -0.2) is 4.39 Å². The molecule has 0 unspecified atom stereocenters. The minimum absolute atomic E-state index is 0.0407. The summed E-state index contributed by atoms with van der Waals surface area (Å²) in [4.78, 5) is 0. The molecule has 0 aliphatic heterocycles. The van der Waals surface area contributed by atoms with Gasteiger partial charge < -0.3 is 34.3 Å². The van der Waals surface area contributed by atoms with E-state index in [4.69, 9.17) is 23.7 Å². The molecular weight excluding hydrogens is 680 g/mol. The van der Waals surface area contributed by atoms with Crippen LogP contribution in [0.5, 0.6) is 28.7 Å². The average molecular weight is 741 g/mol. The van der Waals surface area contributed by atoms with Crippen LogP contribution in [-0.2, 0) is 13.1 Å². The van der Waals surface area contributed by atoms with Crippen molar-refractivity contribution in [1.82, 2.24) is 10.6 Å². The van der Waals surface area contributed by atoms with E-state index in [1.54, 1.807) is 6.07 Å². The SMILES string of the molecule is CC(C)Oc1cc(F)ccc1OCCNCc1cccc(OC2CCCC2)c1.CC(C)c1ccccc1OCCNCc1cccc(OC2CCCC2)c1. The van der Waals surface area contributed by atoms with E-state index >= 15 is 0 Å². The van der Waals surface area contributed by atoms with Gasteiger partial charge in [0.05, 0.1) is 18.3 Å². The van der Waals surface area contributed by atoms with Crippen LogP contribution >= 0.6 is 0 Å². The summed E-state index contributed by atoms with van der Waals surface area (Å²) in [6.07, 6.45) is 10.6. The molecule has 0 spiro atoms. The lowest BCUT2D eigenvalue weighted by Crippen LogP contribution is -2.21. The number of rotatable bonds is 19. The van der Waals surface area contributed by atoms with Crippen molar-refractivity contribution in [3.63, 3.8) is 0 Å². The van der Waals surface area contributed by atoms with E-state index in [-0.39, 0.29) is 11.9 Å². The maximum Gasteiger partial charge on any atom is 0.164 e. The number of ether oxygens (including phenoxy) is 5. The molecule has 54 heavy (non-hydrogen) atoms. The highest BCUT2D eigenvalue weighted by molar-refractivity contribution is 5.40. The summed E-state index contributed by atoms with van der Waals surface area (Å²) in [6.45, 7) is 12.4. The van der Waals surface area contributed by atoms with Crippen molar-refractivity contribution >= 4 is 0 Å². The Bertz CT molecular complexity index is 1670. The number of para-hydroxylation sites is 1. The van der Waals surface area contributed by atoms with Gasteiger partial charge in [0.25, 0.3) is 0 Å². The molecule has 4 aromatic rings. The molecule has 4 aromatic carbocycles. The van der Waals surface area contributed by atoms with Gasteiger partial charge in [0, 0.05) is 32.2 Å². The van der Waals surface area contributed by atoms with Crippen LogP contribution in [0.3, 0.4) is 0 Å². The molecule has 2 fully saturated rings. The molecule has 7 nitrogen and oxygen atoms in total. The van der Waals surface area contributed by atoms with Crippen LogP contribution in [0.1, 0.15) is 102 Å². The Morgan fingerprint density at radius 2 is 1.13 bits per heavy atom. The Labute approximate surface area is 322 Å². The van der Waals surface area contributed by atoms with Crippen LogP contribution in [0.2, 0.25) is 0 Å². The summed E-state index contributed by atoms with van der Waals surface area (Å²) >= 11 is 0. The van der Waals surface area contributed by atoms with E-state index in [1.165, 1.54) is 67.3 Å². The summed E-state index contributed by atoms with van der Waals surface area (Å²) in [5, 5.41) is 6.83. The number of hydrogen-bond acceptors (Lipinski definition) is 7. The smallest absolute Gasteiger partial charge is 0.164 e. The van der Waals surface area contributed by atoms with Crippen LogP contribution in [0.15, 0.2) is 91.0 Å². The van der Waals surface area contributed by atoms with Crippen molar-refractivity contribution in [1.29, 1.82) is 0 Å². The molecular formula is C46H61FN2O5. The van der Waals surface area contributed by atoms with Crippen LogP contribution in [0, 0.1) is 5.82 Å². The maximum absolute atomic E-state index is 13.4. The average Bonchev–Trinajstić information content (AvgIpc) is 3.88. The number of nitrogens with one attached hydrogen (secondary N) is 2. The first-order valence-corrected chi connectivity index (χ1v) is 20.1. The van der Waals surface area contributed by atoms with Gasteiger partial charge in [-0.15, -0.1) is 0 Å². The van der Waals surface area contributed by atoms with Gasteiger partial charge in [0.2, 0.25) is 0 Å². The highest BCUT2D eigenvalue weighted by Gasteiger charge is 2.17. The maximum atomic E-state index is 13.4. The largest absolute Gasteiger partial charge is 0.492 e. The lowest BCUT2D eigenvalue weighted by Gasteiger charge is -2.15. The summed E-state index contributed by atoms with van der Waals surface area (Å²) in [5.41, 5.74) is 3.70. The molecule has 0 amide bonds. The highest BCUT2D eigenvalue weighted by Crippen LogP contribution is 2.30. The standard InChI is InChI=1S/C23H30FNO3.C23H31NO2/c1-17(2)27-23-15-19(24)10-11-22(23)26-13-12-25-16-18-6-5-9-21(14-18)28-20-7-3-4-8-20;1-18(2)22-12-5-6-13-23(22)25-15-14-24-17-19-8-7-11-21(16-19)26-20-9-3-4-10-20/h5-6,9-11,14-15,17,20,25H,3-4,7-8,12-13,16H2,1-2H3;5-8,11-13,16,18,20,24H,3-4,9-10,14-15,17H2,1-2H3. The molecule has 0 radical (unpaired) electrons. The number of halogens is 1. The summed E-state index contributed by atoms with van der Waals surface area (Å²) in [6, 6.07) is 29.3. The van der Waals surface area contributed by atoms with Gasteiger partial charge in [0.15, 0.2) is 11.5 Å². The van der Waals surface area contributed by atoms with Gasteiger partial charge in [-0.2, -0.15) is 0 Å². The normalized spacial score (nSPS) is 14.6. The fraction of sp³-hybridized carbons (Fsp3) is 0.478. The Kier molecular flexibility index (Phi) is 16.8. The van der Waals surface area contributed by atoms with Gasteiger partial charge in [-0.1, -0.05) is 56.3 Å². The Balaban J connectivity index is 0.000000208. The summed E-state index contributed by atoms with van der Waals surface area (Å²) in [7, 11) is 0. The molecule has 0 bridgehead atoms. The van der Waals surface area contributed by atoms with E-state index in [2.05, 4.69) is 79.1 Å². The third-order valence-corrected chi connectivity index (χ3v) is 9.55. The second kappa shape index (κ2) is 22.2.